The van der Waals surface area contributed by atoms with E-state index >= 15 is 0 Å². The van der Waals surface area contributed by atoms with Crippen molar-refractivity contribution in [1.29, 1.82) is 0 Å². The molecule has 0 radical (unpaired) electrons. The maximum absolute atomic E-state index is 14.0. The van der Waals surface area contributed by atoms with Gasteiger partial charge in [0.1, 0.15) is 5.70 Å². The Morgan fingerprint density at radius 1 is 1.35 bits per heavy atom. The van der Waals surface area contributed by atoms with Crippen LogP contribution in [0.4, 0.5) is 10.1 Å². The summed E-state index contributed by atoms with van der Waals surface area (Å²) < 4.78 is 19.4. The van der Waals surface area contributed by atoms with Gasteiger partial charge in [-0.25, -0.2) is 4.39 Å². The van der Waals surface area contributed by atoms with E-state index in [9.17, 15) is 14.0 Å². The fourth-order valence-electron chi connectivity index (χ4n) is 2.06. The highest BCUT2D eigenvalue weighted by Crippen LogP contribution is 2.30. The van der Waals surface area contributed by atoms with E-state index in [1.165, 1.54) is 12.1 Å². The van der Waals surface area contributed by atoms with Crippen LogP contribution in [0.15, 0.2) is 30.0 Å². The third-order valence-corrected chi connectivity index (χ3v) is 3.13. The summed E-state index contributed by atoms with van der Waals surface area (Å²) in [5.74, 6) is -1.43. The van der Waals surface area contributed by atoms with Gasteiger partial charge in [0.05, 0.1) is 25.4 Å². The number of carbonyl (C=O) groups is 2. The van der Waals surface area contributed by atoms with Crippen LogP contribution in [0.25, 0.3) is 0 Å². The molecule has 0 spiro atoms. The summed E-state index contributed by atoms with van der Waals surface area (Å²) >= 11 is 0. The van der Waals surface area contributed by atoms with E-state index in [0.717, 1.165) is 11.0 Å². The number of benzene rings is 1. The lowest BCUT2D eigenvalue weighted by Crippen LogP contribution is -2.34. The summed E-state index contributed by atoms with van der Waals surface area (Å²) in [5, 5.41) is 11.6. The Bertz CT molecular complexity index is 643. The van der Waals surface area contributed by atoms with Gasteiger partial charge >= 0.3 is 0 Å². The van der Waals surface area contributed by atoms with Gasteiger partial charge < -0.3 is 15.2 Å². The van der Waals surface area contributed by atoms with Crippen LogP contribution in [0.3, 0.4) is 0 Å². The van der Waals surface area contributed by atoms with Crippen molar-refractivity contribution in [2.24, 2.45) is 5.92 Å². The quantitative estimate of drug-likeness (QED) is 0.744. The molecule has 0 unspecified atom stereocenters. The van der Waals surface area contributed by atoms with Crippen molar-refractivity contribution >= 4 is 17.5 Å². The number of para-hydroxylation sites is 1. The predicted molar refractivity (Wildman–Crippen MR) is 82.2 cm³/mol. The number of carbonyl (C=O) groups excluding carboxylic acids is 2. The minimum Gasteiger partial charge on any atom is -0.488 e. The second-order valence-corrected chi connectivity index (χ2v) is 5.52. The molecule has 2 amide bonds. The number of rotatable bonds is 7. The van der Waals surface area contributed by atoms with Crippen molar-refractivity contribution < 1.29 is 23.8 Å². The highest BCUT2D eigenvalue weighted by molar-refractivity contribution is 6.17. The van der Waals surface area contributed by atoms with Gasteiger partial charge in [0, 0.05) is 6.08 Å². The van der Waals surface area contributed by atoms with Crippen LogP contribution >= 0.6 is 0 Å². The van der Waals surface area contributed by atoms with Gasteiger partial charge in [0.15, 0.2) is 11.6 Å². The topological polar surface area (TPSA) is 78.9 Å². The fraction of sp³-hybridized carbons (Fsp3) is 0.375. The Morgan fingerprint density at radius 2 is 2.09 bits per heavy atom. The van der Waals surface area contributed by atoms with Crippen LogP contribution in [0.2, 0.25) is 0 Å². The molecule has 0 fully saturated rings. The molecule has 0 bridgehead atoms. The van der Waals surface area contributed by atoms with Gasteiger partial charge in [-0.05, 0) is 18.1 Å². The summed E-state index contributed by atoms with van der Waals surface area (Å²) in [6, 6.07) is 4.30. The van der Waals surface area contributed by atoms with Crippen LogP contribution < -0.4 is 10.1 Å². The molecule has 0 saturated heterocycles. The second kappa shape index (κ2) is 7.23. The lowest BCUT2D eigenvalue weighted by molar-refractivity contribution is -0.137. The zero-order valence-electron chi connectivity index (χ0n) is 13.0. The number of aliphatic hydroxyl groups is 1. The monoisotopic (exact) mass is 322 g/mol. The summed E-state index contributed by atoms with van der Waals surface area (Å²) in [4.78, 5) is 24.7. The van der Waals surface area contributed by atoms with Gasteiger partial charge in [0.25, 0.3) is 11.8 Å². The number of nitrogens with zero attached hydrogens (tertiary/aromatic N) is 1. The average molecular weight is 322 g/mol. The molecule has 0 saturated carbocycles. The lowest BCUT2D eigenvalue weighted by Gasteiger charge is -2.16. The van der Waals surface area contributed by atoms with E-state index in [2.05, 4.69) is 5.32 Å². The number of β-amino-alcohol motifs (C(OH)–C–C–N with tert-alkyl or cyclic N) is 1. The fourth-order valence-corrected chi connectivity index (χ4v) is 2.06. The van der Waals surface area contributed by atoms with E-state index in [0.29, 0.717) is 6.61 Å². The van der Waals surface area contributed by atoms with E-state index in [-0.39, 0.29) is 36.2 Å². The van der Waals surface area contributed by atoms with E-state index < -0.39 is 17.6 Å². The number of anilines is 1. The summed E-state index contributed by atoms with van der Waals surface area (Å²) in [5.41, 5.74) is 0.285. The van der Waals surface area contributed by atoms with Crippen LogP contribution in [0.5, 0.6) is 5.75 Å². The van der Waals surface area contributed by atoms with Crippen LogP contribution in [0, 0.1) is 11.7 Å². The maximum atomic E-state index is 14.0. The van der Waals surface area contributed by atoms with Crippen molar-refractivity contribution in [3.8, 4) is 5.75 Å². The summed E-state index contributed by atoms with van der Waals surface area (Å²) in [6.07, 6.45) is 1.12. The van der Waals surface area contributed by atoms with E-state index in [4.69, 9.17) is 9.84 Å². The van der Waals surface area contributed by atoms with Crippen LogP contribution in [-0.4, -0.2) is 41.6 Å². The molecule has 2 rings (SSSR count). The standard InChI is InChI=1S/C16H19FN2O4/c1-10(2)9-23-15-11(17)4-3-5-12(15)18-13-8-14(21)19(6-7-20)16(13)22/h3-5,8,10,18,20H,6-7,9H2,1-2H3. The Balaban J connectivity index is 2.20. The average Bonchev–Trinajstić information content (AvgIpc) is 2.74. The number of imide groups is 1. The Hall–Kier alpha value is -2.41. The number of ether oxygens (including phenoxy) is 1. The molecule has 0 aliphatic carbocycles. The molecular weight excluding hydrogens is 303 g/mol. The molecule has 23 heavy (non-hydrogen) atoms. The summed E-state index contributed by atoms with van der Waals surface area (Å²) in [6.45, 7) is 3.78. The number of aliphatic hydroxyl groups excluding tert-OH is 1. The first-order chi connectivity index (χ1) is 10.9. The van der Waals surface area contributed by atoms with Crippen LogP contribution in [0.1, 0.15) is 13.8 Å². The Labute approximate surface area is 133 Å². The minimum absolute atomic E-state index is 0.00274. The van der Waals surface area contributed by atoms with E-state index in [1.807, 2.05) is 13.8 Å². The number of hydrogen-bond acceptors (Lipinski definition) is 5. The van der Waals surface area contributed by atoms with Gasteiger partial charge in [-0.2, -0.15) is 0 Å². The van der Waals surface area contributed by atoms with Crippen molar-refractivity contribution in [1.82, 2.24) is 4.90 Å². The molecule has 2 N–H and O–H groups in total. The highest BCUT2D eigenvalue weighted by atomic mass is 19.1. The molecule has 7 heteroatoms. The zero-order valence-corrected chi connectivity index (χ0v) is 13.0. The summed E-state index contributed by atoms with van der Waals surface area (Å²) in [7, 11) is 0. The van der Waals surface area contributed by atoms with Gasteiger partial charge in [0.2, 0.25) is 0 Å². The maximum Gasteiger partial charge on any atom is 0.277 e. The van der Waals surface area contributed by atoms with Gasteiger partial charge in [-0.15, -0.1) is 0 Å². The molecule has 124 valence electrons. The second-order valence-electron chi connectivity index (χ2n) is 5.52. The molecule has 6 nitrogen and oxygen atoms in total. The smallest absolute Gasteiger partial charge is 0.277 e. The number of halogens is 1. The molecule has 0 aromatic heterocycles. The first-order valence-corrected chi connectivity index (χ1v) is 7.30. The van der Waals surface area contributed by atoms with Crippen LogP contribution in [-0.2, 0) is 9.59 Å². The third-order valence-electron chi connectivity index (χ3n) is 3.13. The third kappa shape index (κ3) is 3.87. The molecule has 0 atom stereocenters. The molecule has 1 aliphatic heterocycles. The van der Waals surface area contributed by atoms with Gasteiger partial charge in [-0.3, -0.25) is 14.5 Å². The molecular formula is C16H19FN2O4. The number of nitrogens with one attached hydrogen (secondary N) is 1. The SMILES string of the molecule is CC(C)COc1c(F)cccc1NC1=CC(=O)N(CCO)C1=O. The normalized spacial score (nSPS) is 14.5. The molecule has 1 heterocycles. The van der Waals surface area contributed by atoms with Crippen molar-refractivity contribution in [3.05, 3.63) is 35.8 Å². The Kier molecular flexibility index (Phi) is 5.33. The molecule has 1 aliphatic rings. The number of hydrogen-bond donors (Lipinski definition) is 2. The molecule has 1 aromatic rings. The minimum atomic E-state index is -0.567. The van der Waals surface area contributed by atoms with E-state index in [1.54, 1.807) is 6.07 Å². The zero-order chi connectivity index (χ0) is 17.0. The van der Waals surface area contributed by atoms with Crippen molar-refractivity contribution in [2.75, 3.05) is 25.1 Å². The number of amides is 2. The Morgan fingerprint density at radius 3 is 2.74 bits per heavy atom. The first kappa shape index (κ1) is 17.0. The van der Waals surface area contributed by atoms with Gasteiger partial charge in [-0.1, -0.05) is 19.9 Å². The first-order valence-electron chi connectivity index (χ1n) is 7.30. The predicted octanol–water partition coefficient (Wildman–Crippen LogP) is 1.52. The van der Waals surface area contributed by atoms with Crippen molar-refractivity contribution in [2.45, 2.75) is 13.8 Å². The largest absolute Gasteiger partial charge is 0.488 e. The lowest BCUT2D eigenvalue weighted by atomic mass is 10.2. The molecule has 1 aromatic carbocycles. The van der Waals surface area contributed by atoms with Crippen molar-refractivity contribution in [3.63, 3.8) is 0 Å². The highest BCUT2D eigenvalue weighted by Gasteiger charge is 2.31.